The summed E-state index contributed by atoms with van der Waals surface area (Å²) in [4.78, 5) is 12.5. The summed E-state index contributed by atoms with van der Waals surface area (Å²) in [6.07, 6.45) is 0. The minimum atomic E-state index is -1.60. The van der Waals surface area contributed by atoms with Crippen LogP contribution in [-0.2, 0) is 4.79 Å². The van der Waals surface area contributed by atoms with Gasteiger partial charge in [0.25, 0.3) is 0 Å². The highest BCUT2D eigenvalue weighted by molar-refractivity contribution is 9.10. The molecule has 21 heavy (non-hydrogen) atoms. The number of hydrogen-bond donors (Lipinski definition) is 1. The summed E-state index contributed by atoms with van der Waals surface area (Å²) in [7, 11) is 0. The van der Waals surface area contributed by atoms with Crippen LogP contribution in [0, 0.1) is 17.5 Å². The van der Waals surface area contributed by atoms with E-state index in [0.29, 0.717) is 0 Å². The topological polar surface area (TPSA) is 29.1 Å². The molecular formula is C14H9BrF3NOS. The lowest BCUT2D eigenvalue weighted by molar-refractivity contribution is -0.113. The van der Waals surface area contributed by atoms with Crippen LogP contribution in [-0.4, -0.2) is 11.7 Å². The van der Waals surface area contributed by atoms with Crippen LogP contribution in [0.5, 0.6) is 0 Å². The lowest BCUT2D eigenvalue weighted by Crippen LogP contribution is -2.15. The molecule has 0 radical (unpaired) electrons. The maximum absolute atomic E-state index is 13.4. The van der Waals surface area contributed by atoms with Crippen LogP contribution >= 0.6 is 27.7 Å². The molecular weight excluding hydrogens is 367 g/mol. The molecule has 0 saturated carbocycles. The van der Waals surface area contributed by atoms with Gasteiger partial charge in [-0.25, -0.2) is 13.2 Å². The zero-order chi connectivity index (χ0) is 15.4. The maximum Gasteiger partial charge on any atom is 0.234 e. The van der Waals surface area contributed by atoms with Crippen LogP contribution in [0.15, 0.2) is 45.8 Å². The SMILES string of the molecule is O=C(CSc1ccc(Br)cc1)Nc1ccc(F)c(F)c1F. The second-order valence-electron chi connectivity index (χ2n) is 4.01. The number of nitrogens with one attached hydrogen (secondary N) is 1. The predicted molar refractivity (Wildman–Crippen MR) is 79.8 cm³/mol. The van der Waals surface area contributed by atoms with E-state index in [-0.39, 0.29) is 11.4 Å². The first-order valence-corrected chi connectivity index (χ1v) is 7.57. The van der Waals surface area contributed by atoms with Crippen molar-refractivity contribution in [3.05, 3.63) is 58.3 Å². The van der Waals surface area contributed by atoms with Crippen LogP contribution in [0.3, 0.4) is 0 Å². The average molecular weight is 376 g/mol. The van der Waals surface area contributed by atoms with E-state index in [0.717, 1.165) is 21.5 Å². The summed E-state index contributed by atoms with van der Waals surface area (Å²) in [5.41, 5.74) is -0.379. The Hall–Kier alpha value is -1.47. The third-order valence-electron chi connectivity index (χ3n) is 2.49. The van der Waals surface area contributed by atoms with Crippen molar-refractivity contribution in [1.29, 1.82) is 0 Å². The van der Waals surface area contributed by atoms with E-state index in [1.54, 1.807) is 0 Å². The molecule has 2 aromatic carbocycles. The molecule has 7 heteroatoms. The van der Waals surface area contributed by atoms with E-state index in [1.807, 2.05) is 24.3 Å². The summed E-state index contributed by atoms with van der Waals surface area (Å²) >= 11 is 4.54. The van der Waals surface area contributed by atoms with Crippen molar-refractivity contribution in [3.63, 3.8) is 0 Å². The molecule has 0 fully saturated rings. The van der Waals surface area contributed by atoms with Crippen LogP contribution in [0.4, 0.5) is 18.9 Å². The summed E-state index contributed by atoms with van der Waals surface area (Å²) < 4.78 is 40.1. The molecule has 0 aliphatic heterocycles. The summed E-state index contributed by atoms with van der Waals surface area (Å²) in [5, 5.41) is 2.21. The molecule has 0 heterocycles. The monoisotopic (exact) mass is 375 g/mol. The standard InChI is InChI=1S/C14H9BrF3NOS/c15-8-1-3-9(4-2-8)21-7-12(20)19-11-6-5-10(16)13(17)14(11)18/h1-6H,7H2,(H,19,20). The quantitative estimate of drug-likeness (QED) is 0.625. The van der Waals surface area contributed by atoms with Crippen LogP contribution in [0.1, 0.15) is 0 Å². The largest absolute Gasteiger partial charge is 0.323 e. The predicted octanol–water partition coefficient (Wildman–Crippen LogP) is 4.60. The first kappa shape index (κ1) is 15.9. The normalized spacial score (nSPS) is 10.5. The first-order valence-electron chi connectivity index (χ1n) is 5.79. The minimum Gasteiger partial charge on any atom is -0.323 e. The van der Waals surface area contributed by atoms with Crippen molar-refractivity contribution in [2.45, 2.75) is 4.90 Å². The van der Waals surface area contributed by atoms with Gasteiger partial charge in [0.15, 0.2) is 17.5 Å². The Labute approximate surface area is 131 Å². The Bertz CT molecular complexity index is 664. The van der Waals surface area contributed by atoms with Gasteiger partial charge < -0.3 is 5.32 Å². The fourth-order valence-corrected chi connectivity index (χ4v) is 2.45. The molecule has 0 aromatic heterocycles. The molecule has 1 N–H and O–H groups in total. The van der Waals surface area contributed by atoms with Crippen LogP contribution in [0.25, 0.3) is 0 Å². The van der Waals surface area contributed by atoms with Crippen molar-refractivity contribution in [2.75, 3.05) is 11.1 Å². The lowest BCUT2D eigenvalue weighted by Gasteiger charge is -2.07. The number of hydrogen-bond acceptors (Lipinski definition) is 2. The number of thioether (sulfide) groups is 1. The van der Waals surface area contributed by atoms with Gasteiger partial charge in [-0.1, -0.05) is 15.9 Å². The van der Waals surface area contributed by atoms with Crippen molar-refractivity contribution >= 4 is 39.3 Å². The number of rotatable bonds is 4. The van der Waals surface area contributed by atoms with Crippen molar-refractivity contribution in [1.82, 2.24) is 0 Å². The van der Waals surface area contributed by atoms with E-state index in [9.17, 15) is 18.0 Å². The molecule has 0 spiro atoms. The second-order valence-corrected chi connectivity index (χ2v) is 5.98. The van der Waals surface area contributed by atoms with E-state index in [2.05, 4.69) is 21.2 Å². The molecule has 0 bridgehead atoms. The average Bonchev–Trinajstić information content (AvgIpc) is 2.47. The zero-order valence-electron chi connectivity index (χ0n) is 10.5. The fourth-order valence-electron chi connectivity index (χ4n) is 1.49. The number of carbonyl (C=O) groups is 1. The third-order valence-corrected chi connectivity index (χ3v) is 4.03. The molecule has 0 atom stereocenters. The Kier molecular flexibility index (Phi) is 5.30. The second kappa shape index (κ2) is 7.00. The van der Waals surface area contributed by atoms with Gasteiger partial charge in [-0.15, -0.1) is 11.8 Å². The number of halogens is 4. The third kappa shape index (κ3) is 4.25. The molecule has 0 aliphatic carbocycles. The number of amides is 1. The fraction of sp³-hybridized carbons (Fsp3) is 0.0714. The van der Waals surface area contributed by atoms with Crippen molar-refractivity contribution in [2.24, 2.45) is 0 Å². The highest BCUT2D eigenvalue weighted by Gasteiger charge is 2.15. The molecule has 2 aromatic rings. The molecule has 0 saturated heterocycles. The molecule has 0 unspecified atom stereocenters. The highest BCUT2D eigenvalue weighted by atomic mass is 79.9. The smallest absolute Gasteiger partial charge is 0.234 e. The summed E-state index contributed by atoms with van der Waals surface area (Å²) in [6.45, 7) is 0. The van der Waals surface area contributed by atoms with Crippen LogP contribution in [0.2, 0.25) is 0 Å². The summed E-state index contributed by atoms with van der Waals surface area (Å²) in [6, 6.07) is 9.04. The highest BCUT2D eigenvalue weighted by Crippen LogP contribution is 2.22. The van der Waals surface area contributed by atoms with Crippen molar-refractivity contribution in [3.8, 4) is 0 Å². The van der Waals surface area contributed by atoms with Gasteiger partial charge in [0, 0.05) is 9.37 Å². The Balaban J connectivity index is 1.96. The Morgan fingerprint density at radius 3 is 2.38 bits per heavy atom. The summed E-state index contributed by atoms with van der Waals surface area (Å²) in [5.74, 6) is -4.78. The Morgan fingerprint density at radius 2 is 1.71 bits per heavy atom. The molecule has 2 rings (SSSR count). The van der Waals surface area contributed by atoms with Crippen LogP contribution < -0.4 is 5.32 Å². The van der Waals surface area contributed by atoms with E-state index in [4.69, 9.17) is 0 Å². The van der Waals surface area contributed by atoms with Gasteiger partial charge in [-0.3, -0.25) is 4.79 Å². The molecule has 0 aliphatic rings. The van der Waals surface area contributed by atoms with Crippen molar-refractivity contribution < 1.29 is 18.0 Å². The maximum atomic E-state index is 13.4. The van der Waals surface area contributed by atoms with E-state index < -0.39 is 23.4 Å². The van der Waals surface area contributed by atoms with Gasteiger partial charge in [0.1, 0.15) is 0 Å². The molecule has 1 amide bonds. The lowest BCUT2D eigenvalue weighted by atomic mass is 10.3. The van der Waals surface area contributed by atoms with E-state index >= 15 is 0 Å². The molecule has 110 valence electrons. The number of anilines is 1. The van der Waals surface area contributed by atoms with Gasteiger partial charge in [-0.2, -0.15) is 0 Å². The molecule has 2 nitrogen and oxygen atoms in total. The van der Waals surface area contributed by atoms with Gasteiger partial charge in [-0.05, 0) is 36.4 Å². The minimum absolute atomic E-state index is 0.0278. The number of benzene rings is 2. The first-order chi connectivity index (χ1) is 9.97. The van der Waals surface area contributed by atoms with E-state index in [1.165, 1.54) is 11.8 Å². The van der Waals surface area contributed by atoms with Gasteiger partial charge >= 0.3 is 0 Å². The number of carbonyl (C=O) groups excluding carboxylic acids is 1. The Morgan fingerprint density at radius 1 is 1.05 bits per heavy atom. The van der Waals surface area contributed by atoms with Gasteiger partial charge in [0.05, 0.1) is 11.4 Å². The van der Waals surface area contributed by atoms with Gasteiger partial charge in [0.2, 0.25) is 5.91 Å². The zero-order valence-corrected chi connectivity index (χ0v) is 12.9.